The Morgan fingerprint density at radius 1 is 1.57 bits per heavy atom. The van der Waals surface area contributed by atoms with Crippen molar-refractivity contribution in [2.24, 2.45) is 5.92 Å². The zero-order chi connectivity index (χ0) is 15.4. The largest absolute Gasteiger partial charge is 0.480 e. The Hall–Kier alpha value is -2.05. The van der Waals surface area contributed by atoms with Crippen LogP contribution >= 0.6 is 0 Å². The van der Waals surface area contributed by atoms with E-state index in [9.17, 15) is 14.7 Å². The third-order valence-electron chi connectivity index (χ3n) is 4.05. The number of carboxylic acid groups (broad SMARTS) is 1. The number of aliphatic carboxylic acids is 1. The van der Waals surface area contributed by atoms with Crippen LogP contribution in [0.15, 0.2) is 6.20 Å². The summed E-state index contributed by atoms with van der Waals surface area (Å²) in [6.07, 6.45) is 4.16. The van der Waals surface area contributed by atoms with Gasteiger partial charge in [0.1, 0.15) is 6.04 Å². The summed E-state index contributed by atoms with van der Waals surface area (Å²) < 4.78 is 0. The molecule has 0 saturated carbocycles. The number of H-pyrrole nitrogens is 1. The molecule has 3 N–H and O–H groups in total. The summed E-state index contributed by atoms with van der Waals surface area (Å²) in [5, 5.41) is 18.8. The summed E-state index contributed by atoms with van der Waals surface area (Å²) in [5.74, 6) is -0.925. The van der Waals surface area contributed by atoms with Crippen LogP contribution in [0.25, 0.3) is 0 Å². The van der Waals surface area contributed by atoms with Gasteiger partial charge in [-0.15, -0.1) is 0 Å². The highest BCUT2D eigenvalue weighted by Gasteiger charge is 2.39. The Balaban J connectivity index is 1.77. The minimum atomic E-state index is -0.927. The van der Waals surface area contributed by atoms with Gasteiger partial charge in [-0.25, -0.2) is 9.59 Å². The number of carboxylic acids is 1. The van der Waals surface area contributed by atoms with Crippen molar-refractivity contribution in [1.29, 1.82) is 0 Å². The standard InChI is InChI=1S/C14H22N4O3/c1-9-5-7-18(12(9)13(19)20)14(21)15-6-3-4-11-8-16-17-10(11)2/h8-9,12H,3-7H2,1-2H3,(H,15,21)(H,16,17)(H,19,20). The second-order valence-electron chi connectivity index (χ2n) is 5.60. The highest BCUT2D eigenvalue weighted by atomic mass is 16.4. The van der Waals surface area contributed by atoms with E-state index >= 15 is 0 Å². The minimum Gasteiger partial charge on any atom is -0.480 e. The molecular formula is C14H22N4O3. The second-order valence-corrected chi connectivity index (χ2v) is 5.60. The fourth-order valence-corrected chi connectivity index (χ4v) is 2.75. The lowest BCUT2D eigenvalue weighted by Gasteiger charge is -2.23. The molecule has 116 valence electrons. The van der Waals surface area contributed by atoms with Crippen LogP contribution in [0.2, 0.25) is 0 Å². The summed E-state index contributed by atoms with van der Waals surface area (Å²) in [5.41, 5.74) is 2.18. The Labute approximate surface area is 123 Å². The van der Waals surface area contributed by atoms with E-state index in [1.54, 1.807) is 6.20 Å². The van der Waals surface area contributed by atoms with Crippen molar-refractivity contribution in [3.63, 3.8) is 0 Å². The van der Waals surface area contributed by atoms with E-state index in [0.29, 0.717) is 13.1 Å². The van der Waals surface area contributed by atoms with Gasteiger partial charge in [0, 0.05) is 18.8 Å². The van der Waals surface area contributed by atoms with Crippen molar-refractivity contribution >= 4 is 12.0 Å². The minimum absolute atomic E-state index is 0.00169. The van der Waals surface area contributed by atoms with Gasteiger partial charge >= 0.3 is 12.0 Å². The molecule has 1 saturated heterocycles. The first-order valence-electron chi connectivity index (χ1n) is 7.27. The molecule has 1 fully saturated rings. The fraction of sp³-hybridized carbons (Fsp3) is 0.643. The topological polar surface area (TPSA) is 98.3 Å². The number of aromatic nitrogens is 2. The maximum atomic E-state index is 12.1. The maximum absolute atomic E-state index is 12.1. The van der Waals surface area contributed by atoms with Gasteiger partial charge in [-0.3, -0.25) is 5.10 Å². The number of aryl methyl sites for hydroxylation is 2. The van der Waals surface area contributed by atoms with Crippen molar-refractivity contribution in [2.45, 2.75) is 39.2 Å². The van der Waals surface area contributed by atoms with Crippen molar-refractivity contribution in [3.8, 4) is 0 Å². The Bertz CT molecular complexity index is 514. The smallest absolute Gasteiger partial charge is 0.326 e. The highest BCUT2D eigenvalue weighted by molar-refractivity contribution is 5.83. The molecule has 21 heavy (non-hydrogen) atoms. The third kappa shape index (κ3) is 3.53. The number of carbonyl (C=O) groups is 2. The number of urea groups is 1. The molecule has 1 aromatic heterocycles. The predicted octanol–water partition coefficient (Wildman–Crippen LogP) is 1.16. The lowest BCUT2D eigenvalue weighted by Crippen LogP contribution is -2.47. The number of amides is 2. The van der Waals surface area contributed by atoms with Gasteiger partial charge in [0.2, 0.25) is 0 Å². The van der Waals surface area contributed by atoms with Gasteiger partial charge in [0.25, 0.3) is 0 Å². The Morgan fingerprint density at radius 2 is 2.33 bits per heavy atom. The molecule has 2 rings (SSSR count). The van der Waals surface area contributed by atoms with Gasteiger partial charge in [-0.2, -0.15) is 5.10 Å². The number of rotatable bonds is 5. The van der Waals surface area contributed by atoms with Crippen LogP contribution in [0, 0.1) is 12.8 Å². The Morgan fingerprint density at radius 3 is 2.95 bits per heavy atom. The summed E-state index contributed by atoms with van der Waals surface area (Å²) in [6, 6.07) is -0.989. The summed E-state index contributed by atoms with van der Waals surface area (Å²) in [4.78, 5) is 24.7. The molecule has 0 aromatic carbocycles. The quantitative estimate of drug-likeness (QED) is 0.710. The molecular weight excluding hydrogens is 272 g/mol. The molecule has 2 unspecified atom stereocenters. The van der Waals surface area contributed by atoms with Crippen LogP contribution in [0.3, 0.4) is 0 Å². The molecule has 1 aliphatic rings. The van der Waals surface area contributed by atoms with Crippen LogP contribution in [-0.2, 0) is 11.2 Å². The van der Waals surface area contributed by atoms with Crippen LogP contribution < -0.4 is 5.32 Å². The lowest BCUT2D eigenvalue weighted by atomic mass is 10.0. The van der Waals surface area contributed by atoms with Gasteiger partial charge < -0.3 is 15.3 Å². The Kier molecular flexibility index (Phi) is 4.82. The zero-order valence-electron chi connectivity index (χ0n) is 12.4. The number of hydrogen-bond donors (Lipinski definition) is 3. The normalized spacial score (nSPS) is 21.5. The van der Waals surface area contributed by atoms with E-state index < -0.39 is 12.0 Å². The third-order valence-corrected chi connectivity index (χ3v) is 4.05. The molecule has 0 aliphatic carbocycles. The van der Waals surface area contributed by atoms with Gasteiger partial charge in [-0.05, 0) is 37.7 Å². The van der Waals surface area contributed by atoms with Crippen LogP contribution in [0.1, 0.15) is 31.0 Å². The number of likely N-dealkylation sites (tertiary alicyclic amines) is 1. The molecule has 2 amide bonds. The first-order chi connectivity index (χ1) is 10.0. The molecule has 0 radical (unpaired) electrons. The van der Waals surface area contributed by atoms with Gasteiger partial charge in [0.05, 0.1) is 6.20 Å². The SMILES string of the molecule is Cc1[nH]ncc1CCCNC(=O)N1CCC(C)C1C(=O)O. The number of carbonyl (C=O) groups excluding carboxylic acids is 1. The van der Waals surface area contributed by atoms with Crippen molar-refractivity contribution < 1.29 is 14.7 Å². The lowest BCUT2D eigenvalue weighted by molar-refractivity contribution is -0.142. The first-order valence-corrected chi connectivity index (χ1v) is 7.27. The van der Waals surface area contributed by atoms with Gasteiger partial charge in [0.15, 0.2) is 0 Å². The van der Waals surface area contributed by atoms with E-state index in [1.165, 1.54) is 4.90 Å². The van der Waals surface area contributed by atoms with E-state index in [0.717, 1.165) is 30.5 Å². The molecule has 1 aliphatic heterocycles. The summed E-state index contributed by atoms with van der Waals surface area (Å²) >= 11 is 0. The molecule has 0 bridgehead atoms. The maximum Gasteiger partial charge on any atom is 0.326 e. The number of hydrogen-bond acceptors (Lipinski definition) is 3. The number of aromatic amines is 1. The van der Waals surface area contributed by atoms with Crippen LogP contribution in [0.4, 0.5) is 4.79 Å². The number of nitrogens with one attached hydrogen (secondary N) is 2. The highest BCUT2D eigenvalue weighted by Crippen LogP contribution is 2.23. The monoisotopic (exact) mass is 294 g/mol. The fourth-order valence-electron chi connectivity index (χ4n) is 2.75. The average molecular weight is 294 g/mol. The van der Waals surface area contributed by atoms with E-state index in [-0.39, 0.29) is 11.9 Å². The first kappa shape index (κ1) is 15.3. The molecule has 2 heterocycles. The zero-order valence-corrected chi connectivity index (χ0v) is 12.4. The van der Waals surface area contributed by atoms with Crippen LogP contribution in [-0.4, -0.2) is 51.3 Å². The summed E-state index contributed by atoms with van der Waals surface area (Å²) in [7, 11) is 0. The van der Waals surface area contributed by atoms with E-state index in [2.05, 4.69) is 15.5 Å². The van der Waals surface area contributed by atoms with Crippen molar-refractivity contribution in [2.75, 3.05) is 13.1 Å². The number of nitrogens with zero attached hydrogens (tertiary/aromatic N) is 2. The molecule has 7 nitrogen and oxygen atoms in total. The molecule has 7 heteroatoms. The average Bonchev–Trinajstić information content (AvgIpc) is 3.00. The molecule has 2 atom stereocenters. The van der Waals surface area contributed by atoms with E-state index in [1.807, 2.05) is 13.8 Å². The second kappa shape index (κ2) is 6.60. The van der Waals surface area contributed by atoms with E-state index in [4.69, 9.17) is 0 Å². The van der Waals surface area contributed by atoms with Crippen molar-refractivity contribution in [1.82, 2.24) is 20.4 Å². The van der Waals surface area contributed by atoms with Gasteiger partial charge in [-0.1, -0.05) is 6.92 Å². The van der Waals surface area contributed by atoms with Crippen molar-refractivity contribution in [3.05, 3.63) is 17.5 Å². The molecule has 0 spiro atoms. The summed E-state index contributed by atoms with van der Waals surface area (Å²) in [6.45, 7) is 4.86. The molecule has 1 aromatic rings. The predicted molar refractivity (Wildman–Crippen MR) is 77.0 cm³/mol. The van der Waals surface area contributed by atoms with Crippen LogP contribution in [0.5, 0.6) is 0 Å².